The van der Waals surface area contributed by atoms with Crippen molar-refractivity contribution in [2.75, 3.05) is 0 Å². The highest BCUT2D eigenvalue weighted by molar-refractivity contribution is 7.98. The number of hydrogen-bond acceptors (Lipinski definition) is 5. The van der Waals surface area contributed by atoms with Crippen molar-refractivity contribution in [2.45, 2.75) is 30.2 Å². The van der Waals surface area contributed by atoms with Crippen LogP contribution >= 0.6 is 11.8 Å². The molecule has 0 aliphatic carbocycles. The molecule has 3 aromatic carbocycles. The molecule has 0 spiro atoms. The lowest BCUT2D eigenvalue weighted by atomic mass is 10.1. The van der Waals surface area contributed by atoms with E-state index in [4.69, 9.17) is 4.42 Å². The molecule has 5 rings (SSSR count). The van der Waals surface area contributed by atoms with Crippen molar-refractivity contribution < 1.29 is 22.4 Å². The molecule has 1 N–H and O–H groups in total. The lowest BCUT2D eigenvalue weighted by Crippen LogP contribution is -2.24. The van der Waals surface area contributed by atoms with Gasteiger partial charge in [0, 0.05) is 17.9 Å². The summed E-state index contributed by atoms with van der Waals surface area (Å²) in [5, 5.41) is 12.1. The first-order valence-corrected chi connectivity index (χ1v) is 13.0. The molecule has 198 valence electrons. The number of benzene rings is 3. The maximum Gasteiger partial charge on any atom is 0.416 e. The van der Waals surface area contributed by atoms with Crippen LogP contribution in [0, 0.1) is 0 Å². The van der Waals surface area contributed by atoms with Crippen molar-refractivity contribution in [3.63, 3.8) is 0 Å². The fraction of sp³-hybridized carbons (Fsp3) is 0.138. The molecule has 0 aliphatic heterocycles. The molecule has 0 radical (unpaired) electrons. The van der Waals surface area contributed by atoms with E-state index >= 15 is 0 Å². The second-order valence-electron chi connectivity index (χ2n) is 8.68. The van der Waals surface area contributed by atoms with Gasteiger partial charge in [-0.15, -0.1) is 10.2 Å². The molecule has 1 amide bonds. The monoisotopic (exact) mass is 548 g/mol. The summed E-state index contributed by atoms with van der Waals surface area (Å²) >= 11 is 1.43. The molecule has 6 nitrogen and oxygen atoms in total. The minimum absolute atomic E-state index is 0.0257. The molecule has 0 unspecified atom stereocenters. The van der Waals surface area contributed by atoms with Gasteiger partial charge >= 0.3 is 6.18 Å². The van der Waals surface area contributed by atoms with Crippen molar-refractivity contribution in [3.05, 3.63) is 125 Å². The number of amides is 1. The normalized spacial score (nSPS) is 11.5. The average molecular weight is 549 g/mol. The Bertz CT molecular complexity index is 1550. The van der Waals surface area contributed by atoms with E-state index in [0.717, 1.165) is 23.3 Å². The number of hydrogen-bond donors (Lipinski definition) is 1. The Kier molecular flexibility index (Phi) is 7.83. The van der Waals surface area contributed by atoms with E-state index in [1.807, 2.05) is 53.1 Å². The van der Waals surface area contributed by atoms with Gasteiger partial charge < -0.3 is 9.73 Å². The van der Waals surface area contributed by atoms with Crippen LogP contribution in [0.25, 0.3) is 11.6 Å². The van der Waals surface area contributed by atoms with Gasteiger partial charge in [0.25, 0.3) is 5.91 Å². The van der Waals surface area contributed by atoms with Crippen LogP contribution in [0.4, 0.5) is 13.2 Å². The minimum Gasteiger partial charge on any atom is -0.461 e. The third-order valence-electron chi connectivity index (χ3n) is 5.97. The van der Waals surface area contributed by atoms with Crippen LogP contribution in [0.1, 0.15) is 32.6 Å². The lowest BCUT2D eigenvalue weighted by molar-refractivity contribution is -0.137. The largest absolute Gasteiger partial charge is 0.461 e. The summed E-state index contributed by atoms with van der Waals surface area (Å²) in [6, 6.07) is 25.6. The molecule has 5 aromatic rings. The predicted molar refractivity (Wildman–Crippen MR) is 142 cm³/mol. The third-order valence-corrected chi connectivity index (χ3v) is 6.98. The number of nitrogens with one attached hydrogen (secondary N) is 1. The number of carbonyl (C=O) groups is 1. The van der Waals surface area contributed by atoms with E-state index in [1.54, 1.807) is 30.5 Å². The Morgan fingerprint density at radius 2 is 1.67 bits per heavy atom. The number of rotatable bonds is 9. The van der Waals surface area contributed by atoms with Crippen molar-refractivity contribution in [1.82, 2.24) is 20.1 Å². The molecule has 39 heavy (non-hydrogen) atoms. The Labute approximate surface area is 226 Å². The Balaban J connectivity index is 1.32. The first kappa shape index (κ1) is 26.3. The summed E-state index contributed by atoms with van der Waals surface area (Å²) in [6.07, 6.45) is -2.86. The molecule has 0 saturated heterocycles. The van der Waals surface area contributed by atoms with E-state index in [1.165, 1.54) is 17.8 Å². The molecule has 2 heterocycles. The van der Waals surface area contributed by atoms with Crippen molar-refractivity contribution in [3.8, 4) is 11.6 Å². The summed E-state index contributed by atoms with van der Waals surface area (Å²) in [7, 11) is 0. The molecular formula is C29H23F3N4O2S. The van der Waals surface area contributed by atoms with Crippen molar-refractivity contribution >= 4 is 17.7 Å². The van der Waals surface area contributed by atoms with Gasteiger partial charge in [0.2, 0.25) is 5.82 Å². The maximum absolute atomic E-state index is 13.0. The van der Waals surface area contributed by atoms with Gasteiger partial charge in [-0.05, 0) is 47.0 Å². The van der Waals surface area contributed by atoms with Crippen LogP contribution in [0.3, 0.4) is 0 Å². The van der Waals surface area contributed by atoms with Crippen LogP contribution in [-0.4, -0.2) is 20.7 Å². The summed E-state index contributed by atoms with van der Waals surface area (Å²) in [5.74, 6) is 1.25. The van der Waals surface area contributed by atoms with E-state index in [0.29, 0.717) is 40.2 Å². The van der Waals surface area contributed by atoms with Gasteiger partial charge in [-0.1, -0.05) is 72.4 Å². The maximum atomic E-state index is 13.0. The Hall–Kier alpha value is -4.31. The van der Waals surface area contributed by atoms with E-state index in [2.05, 4.69) is 15.5 Å². The zero-order valence-electron chi connectivity index (χ0n) is 20.6. The average Bonchev–Trinajstić information content (AvgIpc) is 3.61. The number of thioether (sulfide) groups is 1. The number of carbonyl (C=O) groups excluding carboxylic acids is 1. The van der Waals surface area contributed by atoms with Gasteiger partial charge in [-0.2, -0.15) is 13.2 Å². The molecule has 0 aliphatic rings. The van der Waals surface area contributed by atoms with Crippen LogP contribution in [0.5, 0.6) is 0 Å². The van der Waals surface area contributed by atoms with Gasteiger partial charge in [0.15, 0.2) is 10.9 Å². The highest BCUT2D eigenvalue weighted by Gasteiger charge is 2.30. The quantitative estimate of drug-likeness (QED) is 0.205. The molecule has 0 bridgehead atoms. The zero-order valence-corrected chi connectivity index (χ0v) is 21.4. The lowest BCUT2D eigenvalue weighted by Gasteiger charge is -2.12. The van der Waals surface area contributed by atoms with Crippen molar-refractivity contribution in [2.24, 2.45) is 0 Å². The van der Waals surface area contributed by atoms with Crippen LogP contribution in [0.2, 0.25) is 0 Å². The fourth-order valence-corrected chi connectivity index (χ4v) is 4.98. The summed E-state index contributed by atoms with van der Waals surface area (Å²) < 4.78 is 46.6. The molecule has 2 aromatic heterocycles. The second kappa shape index (κ2) is 11.6. The molecular weight excluding hydrogens is 525 g/mol. The first-order valence-electron chi connectivity index (χ1n) is 12.0. The molecule has 0 saturated carbocycles. The number of nitrogens with zero attached hydrogens (tertiary/aromatic N) is 3. The van der Waals surface area contributed by atoms with Crippen LogP contribution < -0.4 is 5.32 Å². The second-order valence-corrected chi connectivity index (χ2v) is 9.62. The SMILES string of the molecule is O=C(NCc1cccc(C(F)(F)F)c1)c1ccccc1CSc1nnc(-c2ccco2)n1Cc1ccccc1. The first-order chi connectivity index (χ1) is 18.9. The number of alkyl halides is 3. The Morgan fingerprint density at radius 3 is 2.44 bits per heavy atom. The van der Waals surface area contributed by atoms with Crippen molar-refractivity contribution in [1.29, 1.82) is 0 Å². The highest BCUT2D eigenvalue weighted by Crippen LogP contribution is 2.30. The van der Waals surface area contributed by atoms with E-state index in [-0.39, 0.29) is 12.5 Å². The fourth-order valence-electron chi connectivity index (χ4n) is 4.04. The Morgan fingerprint density at radius 1 is 0.897 bits per heavy atom. The van der Waals surface area contributed by atoms with Gasteiger partial charge in [0.05, 0.1) is 18.4 Å². The number of furan rings is 1. The summed E-state index contributed by atoms with van der Waals surface area (Å²) in [5.41, 5.74) is 1.89. The topological polar surface area (TPSA) is 73.0 Å². The zero-order chi connectivity index (χ0) is 27.2. The molecule has 0 atom stereocenters. The van der Waals surface area contributed by atoms with Gasteiger partial charge in [0.1, 0.15) is 0 Å². The van der Waals surface area contributed by atoms with E-state index in [9.17, 15) is 18.0 Å². The third kappa shape index (κ3) is 6.40. The van der Waals surface area contributed by atoms with Gasteiger partial charge in [-0.3, -0.25) is 9.36 Å². The molecule has 0 fully saturated rings. The number of aromatic nitrogens is 3. The van der Waals surface area contributed by atoms with Gasteiger partial charge in [-0.25, -0.2) is 0 Å². The standard InChI is InChI=1S/C29H23F3N4O2S/c30-29(31,32)23-12-6-10-21(16-23)17-33-27(37)24-13-5-4-11-22(24)19-39-28-35-34-26(25-14-7-15-38-25)36(28)18-20-8-2-1-3-9-20/h1-16H,17-19H2,(H,33,37). The minimum atomic E-state index is -4.44. The van der Waals surface area contributed by atoms with Crippen LogP contribution in [0.15, 0.2) is 107 Å². The number of halogens is 3. The smallest absolute Gasteiger partial charge is 0.416 e. The van der Waals surface area contributed by atoms with Crippen LogP contribution in [-0.2, 0) is 25.0 Å². The molecule has 10 heteroatoms. The predicted octanol–water partition coefficient (Wildman–Crippen LogP) is 6.83. The summed E-state index contributed by atoms with van der Waals surface area (Å²) in [4.78, 5) is 13.0. The highest BCUT2D eigenvalue weighted by atomic mass is 32.2. The van der Waals surface area contributed by atoms with E-state index < -0.39 is 11.7 Å². The summed E-state index contributed by atoms with van der Waals surface area (Å²) in [6.45, 7) is 0.507.